The third kappa shape index (κ3) is 4.02. The number of piperidine rings is 1. The third-order valence-electron chi connectivity index (χ3n) is 9.10. The lowest BCUT2D eigenvalue weighted by atomic mass is 9.57. The molecule has 5 rings (SSSR count). The lowest BCUT2D eigenvalue weighted by Crippen LogP contribution is -2.65. The number of likely N-dealkylation sites (tertiary alicyclic amines) is 1. The molecule has 1 aromatic rings. The second-order valence-corrected chi connectivity index (χ2v) is 11.9. The number of hydrogen-bond acceptors (Lipinski definition) is 10. The number of nitrogens with two attached hydrogens (primary N) is 1. The second-order valence-electron chi connectivity index (χ2n) is 11.9. The average molecular weight is 555 g/mol. The molecule has 1 amide bonds. The average Bonchev–Trinajstić information content (AvgIpc) is 2.87. The first-order valence-corrected chi connectivity index (χ1v) is 13.7. The molecule has 0 spiro atoms. The number of aliphatic hydroxyl groups is 3. The maximum absolute atomic E-state index is 14.1. The Kier molecular flexibility index (Phi) is 6.96. The van der Waals surface area contributed by atoms with Crippen molar-refractivity contribution in [1.29, 1.82) is 0 Å². The van der Waals surface area contributed by atoms with E-state index in [1.54, 1.807) is 14.1 Å². The van der Waals surface area contributed by atoms with Crippen LogP contribution in [0.4, 0.5) is 5.69 Å². The first-order valence-electron chi connectivity index (χ1n) is 13.7. The van der Waals surface area contributed by atoms with Crippen molar-refractivity contribution in [2.45, 2.75) is 50.3 Å². The normalized spacial score (nSPS) is 28.9. The van der Waals surface area contributed by atoms with E-state index in [2.05, 4.69) is 4.90 Å². The SMILES string of the molecule is CN(C)c1cc(CN2CCCCC2)c(O)c2c1C[C@@H]1C[C@@H]3[C@@H](N(C)C)C(=O)C(C(N)=O)=C(O)[C@]3(O)C(=O)C1=C2O. The maximum atomic E-state index is 14.1. The Morgan fingerprint density at radius 3 is 2.33 bits per heavy atom. The van der Waals surface area contributed by atoms with E-state index in [0.717, 1.165) is 38.0 Å². The van der Waals surface area contributed by atoms with Crippen LogP contribution in [0.5, 0.6) is 5.75 Å². The van der Waals surface area contributed by atoms with Gasteiger partial charge in [0.25, 0.3) is 5.91 Å². The van der Waals surface area contributed by atoms with Crippen LogP contribution < -0.4 is 10.6 Å². The Labute approximate surface area is 233 Å². The zero-order valence-corrected chi connectivity index (χ0v) is 23.4. The van der Waals surface area contributed by atoms with Gasteiger partial charge >= 0.3 is 0 Å². The van der Waals surface area contributed by atoms with E-state index in [0.29, 0.717) is 17.7 Å². The van der Waals surface area contributed by atoms with Crippen LogP contribution in [-0.2, 0) is 27.3 Å². The summed E-state index contributed by atoms with van der Waals surface area (Å²) in [5.41, 5.74) is 4.00. The predicted molar refractivity (Wildman–Crippen MR) is 148 cm³/mol. The van der Waals surface area contributed by atoms with Gasteiger partial charge in [0.1, 0.15) is 22.8 Å². The number of ketones is 2. The minimum atomic E-state index is -2.64. The molecule has 3 aliphatic carbocycles. The molecule has 1 aromatic carbocycles. The van der Waals surface area contributed by atoms with Crippen molar-refractivity contribution >= 4 is 28.9 Å². The number of primary amides is 1. The van der Waals surface area contributed by atoms with E-state index in [1.807, 2.05) is 25.1 Å². The number of aromatic hydroxyl groups is 1. The topological polar surface area (TPSA) is 168 Å². The quantitative estimate of drug-likeness (QED) is 0.331. The Hall–Kier alpha value is -3.41. The van der Waals surface area contributed by atoms with Crippen LogP contribution in [-0.4, -0.2) is 101 Å². The fourth-order valence-electron chi connectivity index (χ4n) is 7.22. The van der Waals surface area contributed by atoms with Crippen molar-refractivity contribution in [3.63, 3.8) is 0 Å². The summed E-state index contributed by atoms with van der Waals surface area (Å²) in [5.74, 6) is -6.38. The molecule has 4 atom stereocenters. The molecule has 2 fully saturated rings. The van der Waals surface area contributed by atoms with Gasteiger partial charge in [-0.3, -0.25) is 24.2 Å². The summed E-state index contributed by atoms with van der Waals surface area (Å²) in [4.78, 5) is 45.1. The number of benzene rings is 1. The number of carbonyl (C=O) groups is 3. The second kappa shape index (κ2) is 9.90. The molecule has 6 N–H and O–H groups in total. The number of carbonyl (C=O) groups excluding carboxylic acids is 3. The van der Waals surface area contributed by atoms with Crippen LogP contribution in [0.2, 0.25) is 0 Å². The van der Waals surface area contributed by atoms with Crippen molar-refractivity contribution in [2.75, 3.05) is 46.2 Å². The van der Waals surface area contributed by atoms with E-state index in [-0.39, 0.29) is 29.7 Å². The molecule has 0 aromatic heterocycles. The van der Waals surface area contributed by atoms with Gasteiger partial charge in [0.05, 0.1) is 11.6 Å². The fourth-order valence-corrected chi connectivity index (χ4v) is 7.22. The molecule has 1 aliphatic heterocycles. The zero-order chi connectivity index (χ0) is 29.3. The van der Waals surface area contributed by atoms with Crippen LogP contribution in [0.15, 0.2) is 23.0 Å². The number of hydrogen-bond donors (Lipinski definition) is 5. The molecule has 0 radical (unpaired) electrons. The first-order chi connectivity index (χ1) is 18.8. The lowest BCUT2D eigenvalue weighted by Gasteiger charge is -2.50. The molecule has 216 valence electrons. The van der Waals surface area contributed by atoms with Gasteiger partial charge in [-0.05, 0) is 70.4 Å². The van der Waals surface area contributed by atoms with Gasteiger partial charge in [0, 0.05) is 43.4 Å². The molecule has 0 bridgehead atoms. The minimum Gasteiger partial charge on any atom is -0.508 e. The Morgan fingerprint density at radius 1 is 1.10 bits per heavy atom. The van der Waals surface area contributed by atoms with Crippen LogP contribution >= 0.6 is 0 Å². The largest absolute Gasteiger partial charge is 0.508 e. The van der Waals surface area contributed by atoms with Crippen LogP contribution in [0, 0.1) is 11.8 Å². The number of anilines is 1. The summed E-state index contributed by atoms with van der Waals surface area (Å²) in [7, 11) is 6.90. The summed E-state index contributed by atoms with van der Waals surface area (Å²) < 4.78 is 0. The summed E-state index contributed by atoms with van der Waals surface area (Å²) in [6, 6.07) is 0.814. The van der Waals surface area contributed by atoms with Crippen molar-refractivity contribution in [2.24, 2.45) is 17.6 Å². The molecule has 1 saturated carbocycles. The van der Waals surface area contributed by atoms with E-state index in [9.17, 15) is 34.8 Å². The third-order valence-corrected chi connectivity index (χ3v) is 9.10. The highest BCUT2D eigenvalue weighted by atomic mass is 16.3. The fraction of sp³-hybridized carbons (Fsp3) is 0.552. The van der Waals surface area contributed by atoms with E-state index in [1.165, 1.54) is 4.90 Å². The molecular formula is C29H38N4O7. The number of phenols is 1. The number of amides is 1. The molecule has 1 heterocycles. The number of likely N-dealkylation sites (N-methyl/N-ethyl adjacent to an activating group) is 1. The van der Waals surface area contributed by atoms with Gasteiger partial charge in [0.15, 0.2) is 11.4 Å². The number of rotatable bonds is 5. The van der Waals surface area contributed by atoms with E-state index < -0.39 is 58.0 Å². The van der Waals surface area contributed by atoms with E-state index in [4.69, 9.17) is 5.73 Å². The highest BCUT2D eigenvalue weighted by molar-refractivity contribution is 6.24. The summed E-state index contributed by atoms with van der Waals surface area (Å²) in [6.45, 7) is 2.27. The number of Topliss-reactive ketones (excluding diaryl/α,β-unsaturated/α-hetero) is 2. The lowest BCUT2D eigenvalue weighted by molar-refractivity contribution is -0.153. The standard InChI is InChI=1S/C29H38N4O7/c1-31(2)18-12-15(13-33-8-6-5-7-9-33)23(34)20-16(18)10-14-11-17-22(32(3)4)25(36)21(28(30)39)27(38)29(17,40)26(37)19(14)24(20)35/h12,14,17,22,34-35,38,40H,5-11,13H2,1-4H3,(H2,30,39)/t14-,17-,22-,29-/m1/s1. The molecule has 0 unspecified atom stereocenters. The molecule has 11 heteroatoms. The molecular weight excluding hydrogens is 516 g/mol. The number of phenolic OH excluding ortho intramolecular Hbond substituents is 1. The molecule has 11 nitrogen and oxygen atoms in total. The smallest absolute Gasteiger partial charge is 0.255 e. The van der Waals surface area contributed by atoms with Crippen molar-refractivity contribution in [3.8, 4) is 5.75 Å². The van der Waals surface area contributed by atoms with Crippen LogP contribution in [0.3, 0.4) is 0 Å². The highest BCUT2D eigenvalue weighted by Crippen LogP contribution is 2.54. The monoisotopic (exact) mass is 554 g/mol. The van der Waals surface area contributed by atoms with Gasteiger partial charge in [-0.25, -0.2) is 0 Å². The van der Waals surface area contributed by atoms with Crippen molar-refractivity contribution in [1.82, 2.24) is 9.80 Å². The van der Waals surface area contributed by atoms with Crippen LogP contribution in [0.1, 0.15) is 42.4 Å². The minimum absolute atomic E-state index is 0.0644. The van der Waals surface area contributed by atoms with Crippen LogP contribution in [0.25, 0.3) is 5.76 Å². The Bertz CT molecular complexity index is 1360. The van der Waals surface area contributed by atoms with Gasteiger partial charge in [-0.2, -0.15) is 0 Å². The van der Waals surface area contributed by atoms with Crippen molar-refractivity contribution < 1.29 is 34.8 Å². The molecule has 4 aliphatic rings. The van der Waals surface area contributed by atoms with Gasteiger partial charge in [-0.1, -0.05) is 6.42 Å². The van der Waals surface area contributed by atoms with Gasteiger partial charge < -0.3 is 31.1 Å². The van der Waals surface area contributed by atoms with E-state index >= 15 is 0 Å². The van der Waals surface area contributed by atoms with Crippen molar-refractivity contribution in [3.05, 3.63) is 39.7 Å². The summed E-state index contributed by atoms with van der Waals surface area (Å²) >= 11 is 0. The maximum Gasteiger partial charge on any atom is 0.255 e. The van der Waals surface area contributed by atoms with Gasteiger partial charge in [-0.15, -0.1) is 0 Å². The molecule has 1 saturated heterocycles. The number of aliphatic hydroxyl groups excluding tert-OH is 2. The number of fused-ring (bicyclic) bond motifs is 3. The zero-order valence-electron chi connectivity index (χ0n) is 23.4. The predicted octanol–water partition coefficient (Wildman–Crippen LogP) is 1.02. The summed E-state index contributed by atoms with van der Waals surface area (Å²) in [5, 5.41) is 45.9. The van der Waals surface area contributed by atoms with Gasteiger partial charge in [0.2, 0.25) is 5.78 Å². The highest BCUT2D eigenvalue weighted by Gasteiger charge is 2.64. The molecule has 40 heavy (non-hydrogen) atoms. The Morgan fingerprint density at radius 2 is 1.75 bits per heavy atom. The summed E-state index contributed by atoms with van der Waals surface area (Å²) in [6.07, 6.45) is 3.62. The first kappa shape index (κ1) is 28.1. The number of nitrogens with zero attached hydrogens (tertiary/aromatic N) is 3. The Balaban J connectivity index is 1.69.